The number of nitrogens with two attached hydrogens (primary N) is 1. The highest BCUT2D eigenvalue weighted by Gasteiger charge is 2.58. The van der Waals surface area contributed by atoms with E-state index < -0.39 is 58.2 Å². The van der Waals surface area contributed by atoms with Gasteiger partial charge in [0.15, 0.2) is 10.8 Å². The van der Waals surface area contributed by atoms with Crippen molar-refractivity contribution >= 4 is 56.1 Å². The lowest BCUT2D eigenvalue weighted by molar-refractivity contribution is -0.218. The monoisotopic (exact) mass is 624 g/mol. The van der Waals surface area contributed by atoms with Crippen LogP contribution in [0.4, 0.5) is 5.13 Å². The highest BCUT2D eigenvalue weighted by molar-refractivity contribution is 7.80. The molecule has 1 saturated heterocycles. The van der Waals surface area contributed by atoms with Crippen LogP contribution in [0.25, 0.3) is 0 Å². The van der Waals surface area contributed by atoms with Crippen LogP contribution in [-0.2, 0) is 33.9 Å². The summed E-state index contributed by atoms with van der Waals surface area (Å²) in [4.78, 5) is 50.7. The maximum absolute atomic E-state index is 13.1. The number of carboxylic acids is 1. The SMILES string of the molecule is C/C=C\C(=N\C)c1ccc(OC[C@H](O/N=C(\C(=O)N[C@@H]2C(=O)N(OS(=O)(=O)O)C2(C)C)c2csc(N)n2)C(=O)O)cc1. The number of nitrogens with one attached hydrogen (secondary N) is 1. The number of carboxylic acid groups (broad SMARTS) is 1. The van der Waals surface area contributed by atoms with Crippen molar-refractivity contribution in [2.24, 2.45) is 10.1 Å². The third kappa shape index (κ3) is 7.66. The van der Waals surface area contributed by atoms with Gasteiger partial charge in [0, 0.05) is 12.4 Å². The fourth-order valence-electron chi connectivity index (χ4n) is 3.63. The number of nitrogens with zero attached hydrogens (tertiary/aromatic N) is 4. The largest absolute Gasteiger partial charge is 0.489 e. The summed E-state index contributed by atoms with van der Waals surface area (Å²) in [5, 5.41) is 17.5. The highest BCUT2D eigenvalue weighted by Crippen LogP contribution is 2.33. The molecule has 0 unspecified atom stereocenters. The van der Waals surface area contributed by atoms with Gasteiger partial charge in [-0.3, -0.25) is 19.1 Å². The summed E-state index contributed by atoms with van der Waals surface area (Å²) in [5.74, 6) is -3.13. The second-order valence-corrected chi connectivity index (χ2v) is 11.0. The van der Waals surface area contributed by atoms with Crippen LogP contribution in [-0.4, -0.2) is 88.7 Å². The number of aliphatic imine (C=N–C) groups is 1. The number of anilines is 1. The minimum atomic E-state index is -5.01. The number of β-lactam (4-membered cyclic amide) rings is 1. The van der Waals surface area contributed by atoms with Crippen molar-refractivity contribution in [1.82, 2.24) is 15.4 Å². The number of aromatic nitrogens is 1. The fourth-order valence-corrected chi connectivity index (χ4v) is 4.64. The molecule has 1 aliphatic rings. The van der Waals surface area contributed by atoms with E-state index in [2.05, 4.69) is 24.7 Å². The van der Waals surface area contributed by atoms with Gasteiger partial charge in [-0.05, 0) is 56.7 Å². The van der Waals surface area contributed by atoms with Crippen LogP contribution in [0.3, 0.4) is 0 Å². The van der Waals surface area contributed by atoms with Crippen molar-refractivity contribution in [3.05, 3.63) is 53.1 Å². The van der Waals surface area contributed by atoms with Crippen molar-refractivity contribution in [2.45, 2.75) is 38.5 Å². The maximum atomic E-state index is 13.1. The summed E-state index contributed by atoms with van der Waals surface area (Å²) in [5.41, 5.74) is 5.20. The number of thiazole rings is 1. The van der Waals surface area contributed by atoms with Gasteiger partial charge in [-0.2, -0.15) is 13.5 Å². The lowest BCUT2D eigenvalue weighted by Gasteiger charge is -2.50. The van der Waals surface area contributed by atoms with Crippen molar-refractivity contribution in [3.8, 4) is 5.75 Å². The normalized spacial score (nSPS) is 18.0. The van der Waals surface area contributed by atoms with Crippen molar-refractivity contribution in [3.63, 3.8) is 0 Å². The number of hydrogen-bond acceptors (Lipinski definition) is 13. The first-order chi connectivity index (χ1) is 19.7. The number of benzene rings is 1. The number of hydroxylamine groups is 2. The van der Waals surface area contributed by atoms with Gasteiger partial charge in [0.2, 0.25) is 0 Å². The molecule has 42 heavy (non-hydrogen) atoms. The average molecular weight is 625 g/mol. The number of ether oxygens (including phenoxy) is 1. The van der Waals surface area contributed by atoms with Crippen molar-refractivity contribution in [2.75, 3.05) is 19.4 Å². The Morgan fingerprint density at radius 1 is 1.31 bits per heavy atom. The lowest BCUT2D eigenvalue weighted by atomic mass is 9.84. The minimum absolute atomic E-state index is 0.0607. The van der Waals surface area contributed by atoms with E-state index in [-0.39, 0.29) is 10.8 Å². The number of nitrogen functional groups attached to an aromatic ring is 1. The van der Waals surface area contributed by atoms with E-state index in [1.54, 1.807) is 31.3 Å². The maximum Gasteiger partial charge on any atom is 0.418 e. The molecule has 0 aliphatic carbocycles. The second-order valence-electron chi connectivity index (χ2n) is 9.08. The summed E-state index contributed by atoms with van der Waals surface area (Å²) in [6.45, 7) is 4.09. The van der Waals surface area contributed by atoms with Gasteiger partial charge < -0.3 is 25.7 Å². The Bertz CT molecular complexity index is 1530. The Morgan fingerprint density at radius 2 is 1.98 bits per heavy atom. The van der Waals surface area contributed by atoms with Crippen molar-refractivity contribution in [1.29, 1.82) is 0 Å². The van der Waals surface area contributed by atoms with Crippen molar-refractivity contribution < 1.29 is 46.3 Å². The predicted molar refractivity (Wildman–Crippen MR) is 150 cm³/mol. The molecule has 1 fully saturated rings. The molecule has 0 bridgehead atoms. The molecule has 1 aliphatic heterocycles. The summed E-state index contributed by atoms with van der Waals surface area (Å²) < 4.78 is 40.8. The summed E-state index contributed by atoms with van der Waals surface area (Å²) >= 11 is 0.959. The number of aliphatic carboxylic acids is 1. The zero-order chi connectivity index (χ0) is 31.2. The van der Waals surface area contributed by atoms with Crippen LogP contribution in [0, 0.1) is 0 Å². The third-order valence-electron chi connectivity index (χ3n) is 5.76. The number of oxime groups is 1. The Hall–Kier alpha value is -4.39. The lowest BCUT2D eigenvalue weighted by Crippen LogP contribution is -2.76. The fraction of sp³-hybridized carbons (Fsp3) is 0.333. The number of carbonyl (C=O) groups excluding carboxylic acids is 2. The molecule has 0 saturated carbocycles. The molecule has 2 atom stereocenters. The molecule has 226 valence electrons. The van der Waals surface area contributed by atoms with Crippen LogP contribution < -0.4 is 15.8 Å². The molecular formula is C24H28N6O10S2. The molecule has 2 aromatic rings. The number of amides is 2. The zero-order valence-electron chi connectivity index (χ0n) is 22.7. The van der Waals surface area contributed by atoms with Gasteiger partial charge in [-0.15, -0.1) is 15.6 Å². The van der Waals surface area contributed by atoms with E-state index in [0.717, 1.165) is 22.6 Å². The Kier molecular flexibility index (Phi) is 9.99. The minimum Gasteiger partial charge on any atom is -0.489 e. The van der Waals surface area contributed by atoms with E-state index in [4.69, 9.17) is 19.9 Å². The van der Waals surface area contributed by atoms with E-state index in [1.807, 2.05) is 19.1 Å². The first-order valence-electron chi connectivity index (χ1n) is 12.0. The number of allylic oxidation sites excluding steroid dienone is 2. The molecule has 18 heteroatoms. The van der Waals surface area contributed by atoms with Crippen LogP contribution in [0.1, 0.15) is 32.0 Å². The van der Waals surface area contributed by atoms with Crippen LogP contribution in [0.15, 0.2) is 51.9 Å². The summed E-state index contributed by atoms with van der Waals surface area (Å²) in [6, 6.07) is 5.41. The van der Waals surface area contributed by atoms with Gasteiger partial charge in [0.25, 0.3) is 17.9 Å². The molecule has 3 rings (SSSR count). The summed E-state index contributed by atoms with van der Waals surface area (Å²) in [7, 11) is -3.35. The molecular weight excluding hydrogens is 596 g/mol. The molecule has 1 aromatic carbocycles. The molecule has 16 nitrogen and oxygen atoms in total. The smallest absolute Gasteiger partial charge is 0.418 e. The number of carbonyl (C=O) groups is 3. The summed E-state index contributed by atoms with van der Waals surface area (Å²) in [6.07, 6.45) is 2.01. The van der Waals surface area contributed by atoms with Crippen LogP contribution >= 0.6 is 11.3 Å². The quantitative estimate of drug-likeness (QED) is 0.105. The number of hydrogen-bond donors (Lipinski definition) is 4. The predicted octanol–water partition coefficient (Wildman–Crippen LogP) is 0.813. The Balaban J connectivity index is 1.75. The molecule has 0 radical (unpaired) electrons. The standard InChI is InChI=1S/C24H28N6O10S2/c1-5-6-15(26-4)13-7-9-14(10-8-13)38-11-17(22(33)34)39-29-18(16-12-41-23(25)27-16)20(31)28-19-21(32)30(24(19,2)3)40-42(35,36)37/h5-10,12,17,19H,11H2,1-4H3,(H2,25,27)(H,28,31)(H,33,34)(H,35,36,37)/b6-5-,26-15-,29-18-/t17-,19+/m0/s1. The van der Waals surface area contributed by atoms with Gasteiger partial charge in [-0.1, -0.05) is 11.2 Å². The third-order valence-corrected chi connectivity index (χ3v) is 6.78. The molecule has 5 N–H and O–H groups in total. The second kappa shape index (κ2) is 13.1. The Labute approximate surface area is 244 Å². The van der Waals surface area contributed by atoms with E-state index in [9.17, 15) is 27.9 Å². The first kappa shape index (κ1) is 32.1. The van der Waals surface area contributed by atoms with Gasteiger partial charge in [0.05, 0.1) is 11.3 Å². The van der Waals surface area contributed by atoms with Crippen LogP contribution in [0.5, 0.6) is 5.75 Å². The zero-order valence-corrected chi connectivity index (χ0v) is 24.4. The molecule has 2 heterocycles. The van der Waals surface area contributed by atoms with E-state index in [1.165, 1.54) is 19.2 Å². The van der Waals surface area contributed by atoms with Gasteiger partial charge in [0.1, 0.15) is 24.1 Å². The molecule has 1 aromatic heterocycles. The Morgan fingerprint density at radius 3 is 2.48 bits per heavy atom. The van der Waals surface area contributed by atoms with Gasteiger partial charge >= 0.3 is 16.4 Å². The molecule has 0 spiro atoms. The van der Waals surface area contributed by atoms with E-state index in [0.29, 0.717) is 10.8 Å². The van der Waals surface area contributed by atoms with E-state index >= 15 is 0 Å². The topological polar surface area (TPSA) is 232 Å². The average Bonchev–Trinajstić information content (AvgIpc) is 3.35. The molecule has 2 amide bonds. The highest BCUT2D eigenvalue weighted by atomic mass is 32.3. The van der Waals surface area contributed by atoms with Crippen LogP contribution in [0.2, 0.25) is 0 Å². The number of rotatable bonds is 13. The van der Waals surface area contributed by atoms with Gasteiger partial charge in [-0.25, -0.2) is 9.78 Å². The first-order valence-corrected chi connectivity index (χ1v) is 14.2.